The van der Waals surface area contributed by atoms with E-state index in [4.69, 9.17) is 29.4 Å². The smallest absolute Gasteiger partial charge is 0.407 e. The molecule has 1 aliphatic heterocycles. The summed E-state index contributed by atoms with van der Waals surface area (Å²) in [7, 11) is 2.71. The van der Waals surface area contributed by atoms with E-state index in [9.17, 15) is 28.8 Å². The number of likely N-dealkylation sites (N-methyl/N-ethyl adjacent to an activating group) is 1. The second kappa shape index (κ2) is 21.6. The van der Waals surface area contributed by atoms with Crippen LogP contribution in [0.4, 0.5) is 9.59 Å². The fraction of sp³-hybridized carbons (Fsp3) is 0.581. The van der Waals surface area contributed by atoms with Crippen LogP contribution < -0.4 is 31.2 Å². The summed E-state index contributed by atoms with van der Waals surface area (Å²) in [4.78, 5) is 80.6. The van der Waals surface area contributed by atoms with Crippen LogP contribution in [0.3, 0.4) is 0 Å². The van der Waals surface area contributed by atoms with Crippen LogP contribution in [0, 0.1) is 5.92 Å². The number of methoxy groups -OCH3 is 1. The number of nitrogens with two attached hydrogens (primary N) is 1. The number of alkyl carbamates (subject to hydrolysis) is 2. The molecular formula is C43H63N5O11. The molecule has 0 aliphatic carbocycles. The van der Waals surface area contributed by atoms with Gasteiger partial charge in [0, 0.05) is 43.5 Å². The highest BCUT2D eigenvalue weighted by molar-refractivity contribution is 5.95. The van der Waals surface area contributed by atoms with E-state index in [1.54, 1.807) is 84.9 Å². The highest BCUT2D eigenvalue weighted by Gasteiger charge is 2.35. The predicted molar refractivity (Wildman–Crippen MR) is 221 cm³/mol. The third-order valence-corrected chi connectivity index (χ3v) is 9.06. The fourth-order valence-corrected chi connectivity index (χ4v) is 6.29. The van der Waals surface area contributed by atoms with Crippen molar-refractivity contribution >= 4 is 35.8 Å². The van der Waals surface area contributed by atoms with Gasteiger partial charge < -0.3 is 50.3 Å². The van der Waals surface area contributed by atoms with Crippen LogP contribution in [0.1, 0.15) is 98.2 Å². The lowest BCUT2D eigenvalue weighted by atomic mass is 9.89. The van der Waals surface area contributed by atoms with Crippen LogP contribution >= 0.6 is 0 Å². The number of carbonyl (C=O) groups is 6. The number of Topliss-reactive ketones (excluding diaryl/α,β-unsaturated/α-hetero) is 1. The van der Waals surface area contributed by atoms with Crippen LogP contribution in [0.25, 0.3) is 11.1 Å². The van der Waals surface area contributed by atoms with Crippen molar-refractivity contribution in [1.82, 2.24) is 20.9 Å². The molecule has 16 nitrogen and oxygen atoms in total. The molecule has 0 fully saturated rings. The van der Waals surface area contributed by atoms with Gasteiger partial charge >= 0.3 is 18.2 Å². The lowest BCUT2D eigenvalue weighted by molar-refractivity contribution is -0.145. The minimum Gasteiger partial charge on any atom is -0.493 e. The molecule has 1 aliphatic rings. The van der Waals surface area contributed by atoms with Gasteiger partial charge in [0.2, 0.25) is 11.8 Å². The van der Waals surface area contributed by atoms with Crippen molar-refractivity contribution < 1.29 is 52.5 Å². The zero-order valence-corrected chi connectivity index (χ0v) is 36.2. The Morgan fingerprint density at radius 1 is 0.864 bits per heavy atom. The Bertz CT molecular complexity index is 1800. The van der Waals surface area contributed by atoms with Crippen molar-refractivity contribution in [2.75, 3.05) is 40.5 Å². The molecule has 0 unspecified atom stereocenters. The summed E-state index contributed by atoms with van der Waals surface area (Å²) in [6.07, 6.45) is -0.154. The van der Waals surface area contributed by atoms with E-state index in [1.165, 1.54) is 19.1 Å². The molecule has 59 heavy (non-hydrogen) atoms. The summed E-state index contributed by atoms with van der Waals surface area (Å²) in [6.45, 7) is 14.8. The van der Waals surface area contributed by atoms with E-state index in [1.807, 2.05) is 6.92 Å². The molecule has 0 radical (unpaired) electrons. The standard InChI is InChI=1S/C43H63N5O11/c1-11-20-56-35-17-15-28-25-30(35)29-23-27(14-16-34(29)57-21-19-46-41(54)59-43(6,7)8)24-32(39(52)55-10)47-37(50)26(2)22-33(49)36(28)48(9)38(51)31(44)13-12-18-45-40(53)58-42(3,4)5/h14-17,23,25-26,31-32,36H,11-13,18-22,24,44H2,1-10H3,(H,45,53)(H,46,54)(H,47,50)/t26-,31+,32+,36+/m1/s1. The Kier molecular flexibility index (Phi) is 17.5. The summed E-state index contributed by atoms with van der Waals surface area (Å²) in [5, 5.41) is 8.09. The Morgan fingerprint density at radius 3 is 2.03 bits per heavy atom. The third kappa shape index (κ3) is 15.1. The molecule has 0 spiro atoms. The number of rotatable bonds is 14. The van der Waals surface area contributed by atoms with Gasteiger partial charge in [-0.2, -0.15) is 0 Å². The Labute approximate surface area is 347 Å². The second-order valence-corrected chi connectivity index (χ2v) is 16.6. The zero-order valence-electron chi connectivity index (χ0n) is 36.2. The number of fused-ring (bicyclic) bond motifs is 5. The van der Waals surface area contributed by atoms with Gasteiger partial charge in [0.1, 0.15) is 41.4 Å². The molecule has 5 N–H and O–H groups in total. The van der Waals surface area contributed by atoms with Crippen molar-refractivity contribution in [2.24, 2.45) is 11.7 Å². The summed E-state index contributed by atoms with van der Waals surface area (Å²) < 4.78 is 28.1. The number of hydrogen-bond donors (Lipinski definition) is 4. The number of ether oxygens (including phenoxy) is 5. The Balaban J connectivity index is 2.10. The molecular weight excluding hydrogens is 762 g/mol. The number of nitrogens with one attached hydrogen (secondary N) is 3. The maximum absolute atomic E-state index is 14.4. The number of esters is 1. The number of benzene rings is 2. The monoisotopic (exact) mass is 825 g/mol. The Hall–Kier alpha value is -5.38. The van der Waals surface area contributed by atoms with Crippen molar-refractivity contribution in [2.45, 2.75) is 117 Å². The fourth-order valence-electron chi connectivity index (χ4n) is 6.29. The molecule has 4 atom stereocenters. The van der Waals surface area contributed by atoms with Crippen LogP contribution in [0.5, 0.6) is 11.5 Å². The van der Waals surface area contributed by atoms with Crippen molar-refractivity contribution in [3.8, 4) is 22.6 Å². The van der Waals surface area contributed by atoms with E-state index in [2.05, 4.69) is 16.0 Å². The van der Waals surface area contributed by atoms with Crippen molar-refractivity contribution in [1.29, 1.82) is 0 Å². The topological polar surface area (TPSA) is 214 Å². The average molecular weight is 826 g/mol. The molecule has 2 aromatic carbocycles. The summed E-state index contributed by atoms with van der Waals surface area (Å²) in [5.74, 6) is -2.21. The molecule has 16 heteroatoms. The molecule has 1 heterocycles. The average Bonchev–Trinajstić information content (AvgIpc) is 3.15. The number of nitrogens with zero attached hydrogens (tertiary/aromatic N) is 1. The maximum atomic E-state index is 14.4. The zero-order chi connectivity index (χ0) is 44.1. The third-order valence-electron chi connectivity index (χ3n) is 9.06. The summed E-state index contributed by atoms with van der Waals surface area (Å²) in [6, 6.07) is 7.16. The van der Waals surface area contributed by atoms with Crippen molar-refractivity contribution in [3.63, 3.8) is 0 Å². The van der Waals surface area contributed by atoms with E-state index in [-0.39, 0.29) is 39.0 Å². The summed E-state index contributed by atoms with van der Waals surface area (Å²) >= 11 is 0. The van der Waals surface area contributed by atoms with Gasteiger partial charge in [0.15, 0.2) is 5.78 Å². The second-order valence-electron chi connectivity index (χ2n) is 16.6. The molecule has 3 rings (SSSR count). The molecule has 326 valence electrons. The lowest BCUT2D eigenvalue weighted by Crippen LogP contribution is -2.47. The van der Waals surface area contributed by atoms with Gasteiger partial charge in [0.05, 0.1) is 26.3 Å². The summed E-state index contributed by atoms with van der Waals surface area (Å²) in [5.41, 5.74) is 7.20. The Morgan fingerprint density at radius 2 is 1.44 bits per heavy atom. The number of amides is 4. The number of ketones is 1. The van der Waals surface area contributed by atoms with Gasteiger partial charge in [-0.05, 0) is 96.2 Å². The minimum absolute atomic E-state index is 0.0543. The lowest BCUT2D eigenvalue weighted by Gasteiger charge is -2.31. The van der Waals surface area contributed by atoms with Gasteiger partial charge in [-0.15, -0.1) is 0 Å². The molecule has 0 saturated carbocycles. The van der Waals surface area contributed by atoms with Gasteiger partial charge in [-0.25, -0.2) is 14.4 Å². The number of carbonyl (C=O) groups excluding carboxylic acids is 6. The quantitative estimate of drug-likeness (QED) is 0.113. The minimum atomic E-state index is -1.19. The molecule has 0 aromatic heterocycles. The SMILES string of the molecule is CCCOc1ccc2cc1-c1cc(ccc1OCCNC(=O)OC(C)(C)C)C[C@@H](C(=O)OC)NC(=O)[C@H](C)CC(=O)[C@H]2N(C)C(=O)[C@@H](N)CCCNC(=O)OC(C)(C)C. The van der Waals surface area contributed by atoms with E-state index in [0.717, 1.165) is 0 Å². The normalized spacial score (nSPS) is 17.6. The largest absolute Gasteiger partial charge is 0.493 e. The van der Waals surface area contributed by atoms with E-state index in [0.29, 0.717) is 53.2 Å². The molecule has 4 amide bonds. The van der Waals surface area contributed by atoms with Crippen molar-refractivity contribution in [3.05, 3.63) is 47.5 Å². The first-order valence-electron chi connectivity index (χ1n) is 20.0. The van der Waals surface area contributed by atoms with Gasteiger partial charge in [0.25, 0.3) is 0 Å². The first-order valence-corrected chi connectivity index (χ1v) is 20.0. The van der Waals surface area contributed by atoms with Crippen LogP contribution in [0.15, 0.2) is 36.4 Å². The first-order chi connectivity index (χ1) is 27.6. The highest BCUT2D eigenvalue weighted by atomic mass is 16.6. The van der Waals surface area contributed by atoms with E-state index >= 15 is 0 Å². The molecule has 2 aromatic rings. The van der Waals surface area contributed by atoms with Crippen LogP contribution in [0.2, 0.25) is 0 Å². The number of hydrogen-bond acceptors (Lipinski definition) is 12. The van der Waals surface area contributed by atoms with Crippen LogP contribution in [-0.2, 0) is 39.8 Å². The first kappa shape index (κ1) is 48.0. The van der Waals surface area contributed by atoms with Crippen LogP contribution in [-0.4, -0.2) is 104 Å². The predicted octanol–water partition coefficient (Wildman–Crippen LogP) is 4.99. The van der Waals surface area contributed by atoms with Gasteiger partial charge in [-0.3, -0.25) is 14.4 Å². The van der Waals surface area contributed by atoms with E-state index < -0.39 is 71.0 Å². The molecule has 4 bridgehead atoms. The maximum Gasteiger partial charge on any atom is 0.407 e. The van der Waals surface area contributed by atoms with Gasteiger partial charge in [-0.1, -0.05) is 26.0 Å². The molecule has 0 saturated heterocycles. The highest BCUT2D eigenvalue weighted by Crippen LogP contribution is 2.40.